The number of phenolic OH excluding ortho intramolecular Hbond substituents is 1. The molecule has 0 fully saturated rings. The van der Waals surface area contributed by atoms with Crippen LogP contribution in [0.2, 0.25) is 0 Å². The normalized spacial score (nSPS) is 8.61. The average molecular weight is 243 g/mol. The lowest BCUT2D eigenvalue weighted by Gasteiger charge is -2.07. The molecule has 1 rings (SSSR count). The Bertz CT molecular complexity index is 563. The summed E-state index contributed by atoms with van der Waals surface area (Å²) in [7, 11) is 1.20. The number of methoxy groups -OCH3 is 1. The average Bonchev–Trinajstić information content (AvgIpc) is 2.40. The van der Waals surface area contributed by atoms with Crippen LogP contribution in [-0.2, 0) is 4.74 Å². The summed E-state index contributed by atoms with van der Waals surface area (Å²) in [6.45, 7) is 0. The van der Waals surface area contributed by atoms with Crippen LogP contribution in [0.5, 0.6) is 5.75 Å². The highest BCUT2D eigenvalue weighted by Crippen LogP contribution is 2.28. The highest BCUT2D eigenvalue weighted by molar-refractivity contribution is 5.94. The number of rotatable bonds is 3. The number of carbonyl (C=O) groups excluding carboxylic acids is 1. The largest absolute Gasteiger partial charge is 0.505 e. The van der Waals surface area contributed by atoms with E-state index in [1.807, 2.05) is 0 Å². The monoisotopic (exact) mass is 243 g/mol. The van der Waals surface area contributed by atoms with E-state index in [1.54, 1.807) is 12.1 Å². The van der Waals surface area contributed by atoms with Gasteiger partial charge in [-0.15, -0.1) is 0 Å². The van der Waals surface area contributed by atoms with Crippen molar-refractivity contribution in [2.24, 2.45) is 0 Å². The number of nitriles is 2. The van der Waals surface area contributed by atoms with Crippen molar-refractivity contribution in [3.63, 3.8) is 0 Å². The quantitative estimate of drug-likeness (QED) is 0.473. The van der Waals surface area contributed by atoms with Crippen LogP contribution in [0.1, 0.15) is 10.4 Å². The van der Waals surface area contributed by atoms with Crippen LogP contribution in [0.3, 0.4) is 0 Å². The lowest BCUT2D eigenvalue weighted by Crippen LogP contribution is -2.02. The molecule has 18 heavy (non-hydrogen) atoms. The van der Waals surface area contributed by atoms with Crippen LogP contribution in [0.4, 0.5) is 5.69 Å². The lowest BCUT2D eigenvalue weighted by atomic mass is 10.1. The fraction of sp³-hybridized carbons (Fsp3) is 0.0833. The minimum atomic E-state index is -0.680. The molecule has 2 N–H and O–H groups in total. The molecule has 0 atom stereocenters. The number of ether oxygens (including phenoxy) is 1. The predicted molar refractivity (Wildman–Crippen MR) is 62.4 cm³/mol. The summed E-state index contributed by atoms with van der Waals surface area (Å²) < 4.78 is 4.49. The van der Waals surface area contributed by atoms with Crippen LogP contribution in [-0.4, -0.2) is 18.2 Å². The summed E-state index contributed by atoms with van der Waals surface area (Å²) in [6.07, 6.45) is 1.14. The van der Waals surface area contributed by atoms with Gasteiger partial charge in [0, 0.05) is 6.20 Å². The number of anilines is 1. The zero-order chi connectivity index (χ0) is 13.5. The van der Waals surface area contributed by atoms with Crippen molar-refractivity contribution in [1.82, 2.24) is 0 Å². The SMILES string of the molecule is COC(=O)c1cccc(NC=C(C#N)C#N)c1O. The Morgan fingerprint density at radius 3 is 2.67 bits per heavy atom. The van der Waals surface area contributed by atoms with Crippen molar-refractivity contribution in [2.45, 2.75) is 0 Å². The predicted octanol–water partition coefficient (Wildman–Crippen LogP) is 1.52. The van der Waals surface area contributed by atoms with Gasteiger partial charge in [0.25, 0.3) is 0 Å². The van der Waals surface area contributed by atoms with Crippen molar-refractivity contribution < 1.29 is 14.6 Å². The summed E-state index contributed by atoms with van der Waals surface area (Å²) in [5.74, 6) is -0.989. The third-order valence-corrected chi connectivity index (χ3v) is 2.05. The molecule has 0 heterocycles. The molecule has 0 amide bonds. The summed E-state index contributed by atoms with van der Waals surface area (Å²) in [5.41, 5.74) is 0.0325. The number of phenols is 1. The number of nitrogens with zero attached hydrogens (tertiary/aromatic N) is 2. The van der Waals surface area contributed by atoms with Crippen LogP contribution < -0.4 is 5.32 Å². The summed E-state index contributed by atoms with van der Waals surface area (Å²) in [6, 6.07) is 7.72. The van der Waals surface area contributed by atoms with Gasteiger partial charge in [0.05, 0.1) is 12.8 Å². The molecule has 0 saturated carbocycles. The van der Waals surface area contributed by atoms with E-state index in [1.165, 1.54) is 25.3 Å². The van der Waals surface area contributed by atoms with Gasteiger partial charge in [0.2, 0.25) is 0 Å². The van der Waals surface area contributed by atoms with Gasteiger partial charge >= 0.3 is 5.97 Å². The van der Waals surface area contributed by atoms with E-state index >= 15 is 0 Å². The number of carbonyl (C=O) groups is 1. The smallest absolute Gasteiger partial charge is 0.341 e. The van der Waals surface area contributed by atoms with E-state index < -0.39 is 5.97 Å². The zero-order valence-electron chi connectivity index (χ0n) is 9.47. The second-order valence-electron chi connectivity index (χ2n) is 3.12. The number of nitrogens with one attached hydrogen (secondary N) is 1. The van der Waals surface area contributed by atoms with Crippen LogP contribution in [0.25, 0.3) is 0 Å². The number of esters is 1. The van der Waals surface area contributed by atoms with E-state index in [0.29, 0.717) is 0 Å². The Labute approximate surface area is 103 Å². The molecule has 0 aliphatic rings. The molecule has 90 valence electrons. The minimum absolute atomic E-state index is 0.00800. The standard InChI is InChI=1S/C12H9N3O3/c1-18-12(17)9-3-2-4-10(11(9)16)15-7-8(5-13)6-14/h2-4,7,15-16H,1H3. The molecule has 0 spiro atoms. The minimum Gasteiger partial charge on any atom is -0.505 e. The topological polar surface area (TPSA) is 106 Å². The third kappa shape index (κ3) is 2.77. The first-order chi connectivity index (χ1) is 8.63. The molecule has 1 aromatic carbocycles. The maximum atomic E-state index is 11.3. The van der Waals surface area contributed by atoms with Gasteiger partial charge < -0.3 is 15.2 Å². The third-order valence-electron chi connectivity index (χ3n) is 2.05. The number of para-hydroxylation sites is 1. The van der Waals surface area contributed by atoms with Crippen molar-refractivity contribution >= 4 is 11.7 Å². The Balaban J connectivity index is 3.07. The molecule has 0 aromatic heterocycles. The number of benzene rings is 1. The maximum absolute atomic E-state index is 11.3. The van der Waals surface area contributed by atoms with Gasteiger partial charge in [-0.05, 0) is 12.1 Å². The fourth-order valence-corrected chi connectivity index (χ4v) is 1.17. The van der Waals surface area contributed by atoms with Gasteiger partial charge in [0.15, 0.2) is 5.75 Å². The summed E-state index contributed by atoms with van der Waals surface area (Å²) in [4.78, 5) is 11.3. The number of allylic oxidation sites excluding steroid dienone is 1. The molecule has 0 radical (unpaired) electrons. The first-order valence-corrected chi connectivity index (χ1v) is 4.81. The molecule has 6 heteroatoms. The van der Waals surface area contributed by atoms with E-state index in [0.717, 1.165) is 6.20 Å². The molecule has 6 nitrogen and oxygen atoms in total. The first-order valence-electron chi connectivity index (χ1n) is 4.81. The molecule has 0 bridgehead atoms. The van der Waals surface area contributed by atoms with E-state index in [4.69, 9.17) is 10.5 Å². The molecule has 0 unspecified atom stereocenters. The number of hydrogen-bond acceptors (Lipinski definition) is 6. The Kier molecular flexibility index (Phi) is 4.30. The van der Waals surface area contributed by atoms with Crippen LogP contribution in [0.15, 0.2) is 30.0 Å². The van der Waals surface area contributed by atoms with Crippen molar-refractivity contribution in [2.75, 3.05) is 12.4 Å². The number of aromatic hydroxyl groups is 1. The summed E-state index contributed by atoms with van der Waals surface area (Å²) >= 11 is 0. The van der Waals surface area contributed by atoms with Gasteiger partial charge in [-0.2, -0.15) is 10.5 Å². The van der Waals surface area contributed by atoms with E-state index in [-0.39, 0.29) is 22.6 Å². The van der Waals surface area contributed by atoms with E-state index in [2.05, 4.69) is 10.1 Å². The second kappa shape index (κ2) is 5.92. The Morgan fingerprint density at radius 2 is 2.11 bits per heavy atom. The van der Waals surface area contributed by atoms with Crippen molar-refractivity contribution in [3.8, 4) is 17.9 Å². The van der Waals surface area contributed by atoms with Crippen molar-refractivity contribution in [1.29, 1.82) is 10.5 Å². The fourth-order valence-electron chi connectivity index (χ4n) is 1.17. The highest BCUT2D eigenvalue weighted by atomic mass is 16.5. The molecule has 1 aromatic rings. The van der Waals surface area contributed by atoms with E-state index in [9.17, 15) is 9.90 Å². The van der Waals surface area contributed by atoms with Gasteiger partial charge in [-0.1, -0.05) is 6.07 Å². The Hall–Kier alpha value is -2.99. The maximum Gasteiger partial charge on any atom is 0.341 e. The molecular weight excluding hydrogens is 234 g/mol. The van der Waals surface area contributed by atoms with Gasteiger partial charge in [-0.25, -0.2) is 4.79 Å². The number of hydrogen-bond donors (Lipinski definition) is 2. The van der Waals surface area contributed by atoms with Crippen LogP contribution in [0, 0.1) is 22.7 Å². The first kappa shape index (κ1) is 13.1. The highest BCUT2D eigenvalue weighted by Gasteiger charge is 2.13. The lowest BCUT2D eigenvalue weighted by molar-refractivity contribution is 0.0597. The van der Waals surface area contributed by atoms with Gasteiger partial charge in [-0.3, -0.25) is 0 Å². The van der Waals surface area contributed by atoms with Crippen LogP contribution >= 0.6 is 0 Å². The molecule has 0 aliphatic heterocycles. The zero-order valence-corrected chi connectivity index (χ0v) is 9.47. The molecule has 0 saturated heterocycles. The second-order valence-corrected chi connectivity index (χ2v) is 3.12. The molecular formula is C12H9N3O3. The van der Waals surface area contributed by atoms with Gasteiger partial charge in [0.1, 0.15) is 23.3 Å². The van der Waals surface area contributed by atoms with Crippen molar-refractivity contribution in [3.05, 3.63) is 35.5 Å². The summed E-state index contributed by atoms with van der Waals surface area (Å²) in [5, 5.41) is 29.4. The molecule has 0 aliphatic carbocycles. The Morgan fingerprint density at radius 1 is 1.44 bits per heavy atom.